The number of aryl methyl sites for hydroxylation is 1. The number of nitrogens with two attached hydrogens (primary N) is 1. The highest BCUT2D eigenvalue weighted by Gasteiger charge is 2.29. The van der Waals surface area contributed by atoms with E-state index < -0.39 is 24.0 Å². The van der Waals surface area contributed by atoms with Crippen LogP contribution in [0.4, 0.5) is 9.18 Å². The fraction of sp³-hybridized carbons (Fsp3) is 0.294. The number of nitrogens with one attached hydrogen (secondary N) is 1. The predicted octanol–water partition coefficient (Wildman–Crippen LogP) is 2.63. The number of hydrogen-bond acceptors (Lipinski definition) is 6. The first-order valence-electron chi connectivity index (χ1n) is 7.73. The molecule has 0 spiro atoms. The summed E-state index contributed by atoms with van der Waals surface area (Å²) < 4.78 is 18.3. The van der Waals surface area contributed by atoms with Gasteiger partial charge in [0.15, 0.2) is 6.10 Å². The molecule has 1 atom stereocenters. The van der Waals surface area contributed by atoms with Crippen LogP contribution in [0.25, 0.3) is 10.6 Å². The third-order valence-electron chi connectivity index (χ3n) is 3.42. The fourth-order valence-corrected chi connectivity index (χ4v) is 3.11. The standard InChI is InChI=1S/C17H18FN3O4S/c1-8(2)12(14(22)21-17(19)24)25-16(23)13-9(3)20-15(26-13)10-4-6-11(18)7-5-10/h4-8,12H,1-3H3,(H3,19,21,22,24)/t12-/m0/s1. The van der Waals surface area contributed by atoms with Crippen LogP contribution in [0.2, 0.25) is 0 Å². The molecule has 0 unspecified atom stereocenters. The van der Waals surface area contributed by atoms with Crippen LogP contribution in [0, 0.1) is 18.7 Å². The van der Waals surface area contributed by atoms with Crippen molar-refractivity contribution in [3.63, 3.8) is 0 Å². The number of ether oxygens (including phenoxy) is 1. The highest BCUT2D eigenvalue weighted by Crippen LogP contribution is 2.29. The maximum Gasteiger partial charge on any atom is 0.351 e. The summed E-state index contributed by atoms with van der Waals surface area (Å²) in [6.45, 7) is 4.97. The second kappa shape index (κ2) is 8.05. The number of aromatic nitrogens is 1. The summed E-state index contributed by atoms with van der Waals surface area (Å²) >= 11 is 1.07. The van der Waals surface area contributed by atoms with E-state index in [1.807, 2.05) is 5.32 Å². The van der Waals surface area contributed by atoms with Crippen LogP contribution >= 0.6 is 11.3 Å². The molecule has 1 aromatic carbocycles. The Kier molecular flexibility index (Phi) is 6.04. The number of halogens is 1. The third-order valence-corrected chi connectivity index (χ3v) is 4.60. The number of nitrogens with zero attached hydrogens (tertiary/aromatic N) is 1. The van der Waals surface area contributed by atoms with E-state index in [4.69, 9.17) is 10.5 Å². The van der Waals surface area contributed by atoms with Gasteiger partial charge in [0, 0.05) is 5.56 Å². The number of imide groups is 1. The molecule has 26 heavy (non-hydrogen) atoms. The Morgan fingerprint density at radius 2 is 1.85 bits per heavy atom. The Labute approximate surface area is 153 Å². The molecule has 3 amide bonds. The minimum Gasteiger partial charge on any atom is -0.448 e. The first-order valence-corrected chi connectivity index (χ1v) is 8.55. The maximum atomic E-state index is 13.0. The van der Waals surface area contributed by atoms with Gasteiger partial charge in [0.05, 0.1) is 5.69 Å². The van der Waals surface area contributed by atoms with Gasteiger partial charge in [-0.3, -0.25) is 10.1 Å². The number of carbonyl (C=O) groups is 3. The van der Waals surface area contributed by atoms with Crippen molar-refractivity contribution in [2.24, 2.45) is 11.7 Å². The SMILES string of the molecule is Cc1nc(-c2ccc(F)cc2)sc1C(=O)O[C@H](C(=O)NC(N)=O)C(C)C. The average molecular weight is 379 g/mol. The number of carbonyl (C=O) groups excluding carboxylic acids is 3. The number of hydrogen-bond donors (Lipinski definition) is 2. The number of benzene rings is 1. The summed E-state index contributed by atoms with van der Waals surface area (Å²) in [6.07, 6.45) is -1.18. The Hall–Kier alpha value is -2.81. The van der Waals surface area contributed by atoms with Crippen LogP contribution in [0.3, 0.4) is 0 Å². The third kappa shape index (κ3) is 4.63. The quantitative estimate of drug-likeness (QED) is 0.776. The molecule has 9 heteroatoms. The zero-order valence-electron chi connectivity index (χ0n) is 14.4. The van der Waals surface area contributed by atoms with Gasteiger partial charge in [-0.2, -0.15) is 0 Å². The largest absolute Gasteiger partial charge is 0.448 e. The van der Waals surface area contributed by atoms with E-state index in [0.717, 1.165) is 11.3 Å². The van der Waals surface area contributed by atoms with E-state index >= 15 is 0 Å². The zero-order chi connectivity index (χ0) is 19.4. The monoisotopic (exact) mass is 379 g/mol. The molecule has 138 valence electrons. The molecule has 0 aliphatic rings. The van der Waals surface area contributed by atoms with Crippen molar-refractivity contribution >= 4 is 29.2 Å². The van der Waals surface area contributed by atoms with Gasteiger partial charge in [0.2, 0.25) is 0 Å². The normalized spacial score (nSPS) is 11.9. The van der Waals surface area contributed by atoms with Gasteiger partial charge in [-0.15, -0.1) is 11.3 Å². The Morgan fingerprint density at radius 3 is 2.38 bits per heavy atom. The number of rotatable bonds is 5. The van der Waals surface area contributed by atoms with Crippen LogP contribution in [0.5, 0.6) is 0 Å². The van der Waals surface area contributed by atoms with Crippen molar-refractivity contribution < 1.29 is 23.5 Å². The van der Waals surface area contributed by atoms with Crippen molar-refractivity contribution in [1.29, 1.82) is 0 Å². The van der Waals surface area contributed by atoms with Crippen LogP contribution in [0.15, 0.2) is 24.3 Å². The lowest BCUT2D eigenvalue weighted by molar-refractivity contribution is -0.130. The maximum absolute atomic E-state index is 13.0. The van der Waals surface area contributed by atoms with Gasteiger partial charge in [-0.05, 0) is 37.1 Å². The Balaban J connectivity index is 2.22. The molecule has 0 aliphatic carbocycles. The number of esters is 1. The molecule has 0 aliphatic heterocycles. The van der Waals surface area contributed by atoms with Gasteiger partial charge >= 0.3 is 12.0 Å². The minimum atomic E-state index is -1.18. The molecule has 0 bridgehead atoms. The molecule has 0 saturated carbocycles. The average Bonchev–Trinajstić information content (AvgIpc) is 2.94. The van der Waals surface area contributed by atoms with Crippen molar-refractivity contribution in [3.8, 4) is 10.6 Å². The van der Waals surface area contributed by atoms with Crippen molar-refractivity contribution in [2.45, 2.75) is 26.9 Å². The topological polar surface area (TPSA) is 111 Å². The summed E-state index contributed by atoms with van der Waals surface area (Å²) in [6, 6.07) is 4.68. The van der Waals surface area contributed by atoms with Gasteiger partial charge in [0.1, 0.15) is 15.7 Å². The highest BCUT2D eigenvalue weighted by molar-refractivity contribution is 7.17. The summed E-state index contributed by atoms with van der Waals surface area (Å²) in [4.78, 5) is 39.8. The zero-order valence-corrected chi connectivity index (χ0v) is 15.2. The second-order valence-corrected chi connectivity index (χ2v) is 6.86. The molecule has 3 N–H and O–H groups in total. The lowest BCUT2D eigenvalue weighted by atomic mass is 10.1. The van der Waals surface area contributed by atoms with Gasteiger partial charge in [0.25, 0.3) is 5.91 Å². The number of primary amides is 1. The number of amides is 3. The molecule has 1 heterocycles. The highest BCUT2D eigenvalue weighted by atomic mass is 32.1. The summed E-state index contributed by atoms with van der Waals surface area (Å²) in [5.41, 5.74) is 6.02. The Morgan fingerprint density at radius 1 is 1.23 bits per heavy atom. The van der Waals surface area contributed by atoms with E-state index in [1.165, 1.54) is 12.1 Å². The summed E-state index contributed by atoms with van der Waals surface area (Å²) in [5, 5.41) is 2.43. The van der Waals surface area contributed by atoms with Gasteiger partial charge in [-0.1, -0.05) is 13.8 Å². The molecule has 0 radical (unpaired) electrons. The predicted molar refractivity (Wildman–Crippen MR) is 94.0 cm³/mol. The molecular formula is C17H18FN3O4S. The molecule has 2 rings (SSSR count). The summed E-state index contributed by atoms with van der Waals surface area (Å²) in [7, 11) is 0. The van der Waals surface area contributed by atoms with E-state index in [1.54, 1.807) is 32.9 Å². The van der Waals surface area contributed by atoms with E-state index in [2.05, 4.69) is 4.98 Å². The minimum absolute atomic E-state index is 0.224. The van der Waals surface area contributed by atoms with Crippen molar-refractivity contribution in [1.82, 2.24) is 10.3 Å². The first-order chi connectivity index (χ1) is 12.2. The van der Waals surface area contributed by atoms with Crippen LogP contribution in [-0.2, 0) is 9.53 Å². The van der Waals surface area contributed by atoms with Crippen LogP contribution < -0.4 is 11.1 Å². The molecule has 7 nitrogen and oxygen atoms in total. The first kappa shape index (κ1) is 19.5. The number of urea groups is 1. The van der Waals surface area contributed by atoms with Crippen molar-refractivity contribution in [2.75, 3.05) is 0 Å². The van der Waals surface area contributed by atoms with Crippen molar-refractivity contribution in [3.05, 3.63) is 40.7 Å². The lowest BCUT2D eigenvalue weighted by Crippen LogP contribution is -2.45. The second-order valence-electron chi connectivity index (χ2n) is 5.86. The molecule has 2 aromatic rings. The molecule has 0 saturated heterocycles. The van der Waals surface area contributed by atoms with E-state index in [0.29, 0.717) is 16.3 Å². The van der Waals surface area contributed by atoms with E-state index in [-0.39, 0.29) is 16.6 Å². The Bertz CT molecular complexity index is 833. The number of thiazole rings is 1. The van der Waals surface area contributed by atoms with E-state index in [9.17, 15) is 18.8 Å². The fourth-order valence-electron chi connectivity index (χ4n) is 2.16. The van der Waals surface area contributed by atoms with Crippen LogP contribution in [0.1, 0.15) is 29.2 Å². The van der Waals surface area contributed by atoms with Gasteiger partial charge in [-0.25, -0.2) is 19.0 Å². The molecule has 1 aromatic heterocycles. The molecule has 0 fully saturated rings. The summed E-state index contributed by atoms with van der Waals surface area (Å²) in [5.74, 6) is -2.27. The lowest BCUT2D eigenvalue weighted by Gasteiger charge is -2.19. The molecular weight excluding hydrogens is 361 g/mol. The van der Waals surface area contributed by atoms with Crippen LogP contribution in [-0.4, -0.2) is 29.0 Å². The smallest absolute Gasteiger partial charge is 0.351 e. The van der Waals surface area contributed by atoms with Gasteiger partial charge < -0.3 is 10.5 Å².